The van der Waals surface area contributed by atoms with Gasteiger partial charge in [0.05, 0.1) is 12.2 Å². The van der Waals surface area contributed by atoms with Crippen LogP contribution in [-0.4, -0.2) is 21.9 Å². The van der Waals surface area contributed by atoms with Gasteiger partial charge in [0, 0.05) is 17.9 Å². The predicted octanol–water partition coefficient (Wildman–Crippen LogP) is 1.92. The van der Waals surface area contributed by atoms with Gasteiger partial charge in [0.15, 0.2) is 16.8 Å². The van der Waals surface area contributed by atoms with Gasteiger partial charge in [-0.1, -0.05) is 12.1 Å². The molecule has 2 rings (SSSR count). The van der Waals surface area contributed by atoms with Gasteiger partial charge >= 0.3 is 6.03 Å². The molecule has 0 saturated carbocycles. The van der Waals surface area contributed by atoms with E-state index in [1.165, 1.54) is 30.4 Å². The smallest absolute Gasteiger partial charge is 0.329 e. The number of hydrazine groups is 1. The second-order valence-electron chi connectivity index (χ2n) is 5.30. The molecule has 1 aromatic carbocycles. The van der Waals surface area contributed by atoms with Gasteiger partial charge in [-0.3, -0.25) is 9.80 Å². The summed E-state index contributed by atoms with van der Waals surface area (Å²) in [4.78, 5) is 26.0. The molecule has 134 valence electrons. The van der Waals surface area contributed by atoms with Crippen LogP contribution >= 0.6 is 11.3 Å². The molecule has 0 atom stereocenters. The maximum Gasteiger partial charge on any atom is 0.329 e. The quantitative estimate of drug-likeness (QED) is 0.410. The molecule has 0 bridgehead atoms. The zero-order valence-electron chi connectivity index (χ0n) is 13.4. The summed E-state index contributed by atoms with van der Waals surface area (Å²) in [5.41, 5.74) is 5.74. The second-order valence-corrected chi connectivity index (χ2v) is 6.16. The summed E-state index contributed by atoms with van der Waals surface area (Å²) in [7, 11) is 0. The van der Waals surface area contributed by atoms with Gasteiger partial charge in [-0.2, -0.15) is 0 Å². The van der Waals surface area contributed by atoms with Crippen molar-refractivity contribution in [3.05, 3.63) is 46.0 Å². The fraction of sp³-hybridized carbons (Fsp3) is 0.267. The van der Waals surface area contributed by atoms with Crippen LogP contribution in [0.1, 0.15) is 23.7 Å². The number of urea groups is 1. The third-order valence-electron chi connectivity index (χ3n) is 3.35. The lowest BCUT2D eigenvalue weighted by Gasteiger charge is -2.15. The van der Waals surface area contributed by atoms with Crippen LogP contribution < -0.4 is 16.9 Å². The summed E-state index contributed by atoms with van der Waals surface area (Å²) >= 11 is 1.26. The van der Waals surface area contributed by atoms with Crippen LogP contribution in [0.3, 0.4) is 0 Å². The minimum absolute atomic E-state index is 0.0656. The van der Waals surface area contributed by atoms with E-state index in [4.69, 9.17) is 11.6 Å². The van der Waals surface area contributed by atoms with Crippen molar-refractivity contribution >= 4 is 28.4 Å². The Morgan fingerprint density at radius 1 is 1.24 bits per heavy atom. The average Bonchev–Trinajstić information content (AvgIpc) is 2.97. The van der Waals surface area contributed by atoms with Crippen LogP contribution in [0.4, 0.5) is 18.7 Å². The Morgan fingerprint density at radius 3 is 2.52 bits per heavy atom. The van der Waals surface area contributed by atoms with E-state index < -0.39 is 17.7 Å². The van der Waals surface area contributed by atoms with Crippen molar-refractivity contribution in [2.24, 2.45) is 11.6 Å². The van der Waals surface area contributed by atoms with Crippen LogP contribution in [0, 0.1) is 11.6 Å². The molecule has 0 aliphatic rings. The Balaban J connectivity index is 2.05. The maximum atomic E-state index is 14.2. The first kappa shape index (κ1) is 18.7. The van der Waals surface area contributed by atoms with Crippen molar-refractivity contribution in [3.63, 3.8) is 0 Å². The van der Waals surface area contributed by atoms with Crippen LogP contribution in [-0.2, 0) is 24.2 Å². The number of nitrogens with one attached hydrogen (secondary N) is 1. The van der Waals surface area contributed by atoms with E-state index in [9.17, 15) is 18.4 Å². The number of carbonyl (C=O) groups is 2. The number of carbonyl (C=O) groups excluding carboxylic acids is 2. The lowest BCUT2D eigenvalue weighted by atomic mass is 10.0. The third-order valence-corrected chi connectivity index (χ3v) is 4.16. The summed E-state index contributed by atoms with van der Waals surface area (Å²) in [5, 5.41) is 5.35. The highest BCUT2D eigenvalue weighted by Gasteiger charge is 2.16. The number of aromatic nitrogens is 1. The molecule has 2 aromatic rings. The van der Waals surface area contributed by atoms with E-state index in [1.807, 2.05) is 0 Å². The first-order valence-electron chi connectivity index (χ1n) is 7.27. The number of rotatable bonds is 6. The third kappa shape index (κ3) is 4.94. The van der Waals surface area contributed by atoms with Crippen molar-refractivity contribution in [2.75, 3.05) is 5.32 Å². The maximum absolute atomic E-state index is 14.2. The molecule has 0 saturated heterocycles. The van der Waals surface area contributed by atoms with E-state index in [0.29, 0.717) is 22.3 Å². The monoisotopic (exact) mass is 369 g/mol. The van der Waals surface area contributed by atoms with Gasteiger partial charge < -0.3 is 11.1 Å². The van der Waals surface area contributed by atoms with Gasteiger partial charge in [0.1, 0.15) is 0 Å². The number of aryl methyl sites for hydroxylation is 2. The number of halogens is 2. The molecule has 1 heterocycles. The molecule has 3 amide bonds. The Hall–Kier alpha value is -2.59. The van der Waals surface area contributed by atoms with E-state index in [0.717, 1.165) is 0 Å². The van der Waals surface area contributed by atoms with Crippen molar-refractivity contribution < 1.29 is 18.4 Å². The molecule has 0 spiro atoms. The number of hydrogen-bond acceptors (Lipinski definition) is 5. The summed E-state index contributed by atoms with van der Waals surface area (Å²) in [6.07, 6.45) is 0.616. The normalized spacial score (nSPS) is 10.6. The number of benzene rings is 1. The first-order valence-corrected chi connectivity index (χ1v) is 8.15. The van der Waals surface area contributed by atoms with Gasteiger partial charge in [-0.05, 0) is 18.4 Å². The summed E-state index contributed by atoms with van der Waals surface area (Å²) < 4.78 is 28.3. The number of anilines is 1. The standard InChI is InChI=1S/C15H17F2N5O2S/c1-8(23)20-15-21-11(7-25-15)5-4-9-2-3-10(13(17)12(9)16)6-22(19)14(18)24/h2-3,7H,4-6,19H2,1H3,(H2,18,24)(H,20,21,23). The first-order chi connectivity index (χ1) is 11.8. The number of nitrogens with zero attached hydrogens (tertiary/aromatic N) is 2. The molecule has 0 radical (unpaired) electrons. The zero-order valence-corrected chi connectivity index (χ0v) is 14.2. The molecule has 10 heteroatoms. The Labute approximate surface area is 146 Å². The highest BCUT2D eigenvalue weighted by Crippen LogP contribution is 2.21. The number of amides is 3. The molecule has 1 aromatic heterocycles. The molecule has 0 aliphatic heterocycles. The van der Waals surface area contributed by atoms with Crippen LogP contribution in [0.5, 0.6) is 0 Å². The topological polar surface area (TPSA) is 114 Å². The molecule has 0 aliphatic carbocycles. The van der Waals surface area contributed by atoms with E-state index >= 15 is 0 Å². The minimum atomic E-state index is -1.06. The molecule has 0 unspecified atom stereocenters. The fourth-order valence-electron chi connectivity index (χ4n) is 2.10. The molecule has 0 fully saturated rings. The van der Waals surface area contributed by atoms with Crippen molar-refractivity contribution in [3.8, 4) is 0 Å². The molecular formula is C15H17F2N5O2S. The Morgan fingerprint density at radius 2 is 1.88 bits per heavy atom. The largest absolute Gasteiger partial charge is 0.350 e. The number of hydrogen-bond donors (Lipinski definition) is 3. The van der Waals surface area contributed by atoms with Gasteiger partial charge in [0.25, 0.3) is 0 Å². The highest BCUT2D eigenvalue weighted by atomic mass is 32.1. The Bertz CT molecular complexity index is 796. The van der Waals surface area contributed by atoms with Crippen molar-refractivity contribution in [1.82, 2.24) is 9.99 Å². The van der Waals surface area contributed by atoms with Crippen LogP contribution in [0.25, 0.3) is 0 Å². The molecule has 7 nitrogen and oxygen atoms in total. The van der Waals surface area contributed by atoms with E-state index in [2.05, 4.69) is 10.3 Å². The fourth-order valence-corrected chi connectivity index (χ4v) is 2.89. The molecule has 5 N–H and O–H groups in total. The zero-order chi connectivity index (χ0) is 18.6. The molecule has 25 heavy (non-hydrogen) atoms. The summed E-state index contributed by atoms with van der Waals surface area (Å²) in [6, 6.07) is 1.85. The average molecular weight is 369 g/mol. The predicted molar refractivity (Wildman–Crippen MR) is 89.5 cm³/mol. The van der Waals surface area contributed by atoms with Gasteiger partial charge in [0.2, 0.25) is 5.91 Å². The van der Waals surface area contributed by atoms with Crippen molar-refractivity contribution in [2.45, 2.75) is 26.3 Å². The summed E-state index contributed by atoms with van der Waals surface area (Å²) in [5.74, 6) is 3.03. The Kier molecular flexibility index (Phi) is 5.99. The lowest BCUT2D eigenvalue weighted by Crippen LogP contribution is -2.40. The van der Waals surface area contributed by atoms with Crippen LogP contribution in [0.15, 0.2) is 17.5 Å². The number of nitrogens with two attached hydrogens (primary N) is 2. The summed E-state index contributed by atoms with van der Waals surface area (Å²) in [6.45, 7) is 1.05. The van der Waals surface area contributed by atoms with Gasteiger partial charge in [-0.15, -0.1) is 11.3 Å². The SMILES string of the molecule is CC(=O)Nc1nc(CCc2ccc(CN(N)C(N)=O)c(F)c2F)cs1. The number of thiazole rings is 1. The lowest BCUT2D eigenvalue weighted by molar-refractivity contribution is -0.114. The minimum Gasteiger partial charge on any atom is -0.350 e. The van der Waals surface area contributed by atoms with Crippen molar-refractivity contribution in [1.29, 1.82) is 0 Å². The second kappa shape index (κ2) is 7.99. The van der Waals surface area contributed by atoms with E-state index in [-0.39, 0.29) is 30.0 Å². The highest BCUT2D eigenvalue weighted by molar-refractivity contribution is 7.13. The van der Waals surface area contributed by atoms with Gasteiger partial charge in [-0.25, -0.2) is 24.4 Å². The molecular weight excluding hydrogens is 352 g/mol. The number of primary amides is 1. The van der Waals surface area contributed by atoms with Crippen LogP contribution in [0.2, 0.25) is 0 Å². The van der Waals surface area contributed by atoms with E-state index in [1.54, 1.807) is 5.38 Å².